The summed E-state index contributed by atoms with van der Waals surface area (Å²) < 4.78 is 66.1. The van der Waals surface area contributed by atoms with E-state index in [0.717, 1.165) is 24.3 Å². The average Bonchev–Trinajstić information content (AvgIpc) is 2.66. The van der Waals surface area contributed by atoms with Crippen LogP contribution in [0.5, 0.6) is 5.75 Å². The zero-order valence-corrected chi connectivity index (χ0v) is 18.5. The quantitative estimate of drug-likeness (QED) is 0.217. The molecule has 14 heteroatoms. The van der Waals surface area contributed by atoms with E-state index in [1.165, 1.54) is 12.1 Å². The molecule has 32 heavy (non-hydrogen) atoms. The van der Waals surface area contributed by atoms with Crippen molar-refractivity contribution in [3.63, 3.8) is 0 Å². The number of hydrogen-bond donors (Lipinski definition) is 4. The Hall–Kier alpha value is -2.87. The molecule has 3 aromatic rings. The average molecular weight is 530 g/mol. The molecule has 0 heterocycles. The number of phenolic OH excluding ortho intramolecular Hbond substituents is 1. The van der Waals surface area contributed by atoms with Gasteiger partial charge in [-0.25, -0.2) is 4.79 Å². The van der Waals surface area contributed by atoms with Crippen LogP contribution in [0.25, 0.3) is 10.8 Å². The third kappa shape index (κ3) is 4.96. The van der Waals surface area contributed by atoms with Crippen molar-refractivity contribution in [2.24, 2.45) is 10.2 Å². The molecule has 0 spiro atoms. The molecule has 0 saturated carbocycles. The van der Waals surface area contributed by atoms with Gasteiger partial charge in [0, 0.05) is 27.8 Å². The first-order valence-electron chi connectivity index (χ1n) is 8.30. The fourth-order valence-electron chi connectivity index (χ4n) is 2.90. The molecular weight excluding hydrogens is 516 g/mol. The summed E-state index contributed by atoms with van der Waals surface area (Å²) in [5.41, 5.74) is -0.323. The van der Waals surface area contributed by atoms with Crippen molar-refractivity contribution in [3.05, 3.63) is 53.6 Å². The van der Waals surface area contributed by atoms with Gasteiger partial charge in [-0.2, -0.15) is 16.8 Å². The second-order valence-electron chi connectivity index (χ2n) is 6.40. The normalized spacial score (nSPS) is 12.1. The molecule has 0 aliphatic rings. The van der Waals surface area contributed by atoms with Crippen LogP contribution in [0.1, 0.15) is 15.9 Å². The van der Waals surface area contributed by atoms with Crippen LogP contribution in [0.2, 0.25) is 0 Å². The molecule has 0 unspecified atom stereocenters. The first-order chi connectivity index (χ1) is 14.3. The number of aromatic carboxylic acids is 1. The number of aromatic hydroxyl groups is 1. The third-order valence-electron chi connectivity index (χ3n) is 4.24. The number of benzene rings is 3. The van der Waals surface area contributed by atoms with Gasteiger partial charge < -0.3 is 10.2 Å². The van der Waals surface area contributed by atoms with Gasteiger partial charge in [0.2, 0.25) is 0 Å². The third-order valence-corrected chi connectivity index (χ3v) is 6.03. The first kappa shape index (κ1) is 25.4. The van der Waals surface area contributed by atoms with Crippen molar-refractivity contribution in [1.29, 1.82) is 0 Å². The van der Waals surface area contributed by atoms with E-state index in [9.17, 15) is 40.9 Å². The topological polar surface area (TPSA) is 191 Å². The summed E-state index contributed by atoms with van der Waals surface area (Å²) in [4.78, 5) is 9.78. The minimum atomic E-state index is -4.92. The standard InChI is InChI=1S/C18H14N2O9S2.Cu/c1-9-5-6-12(11(7-9)18(22)23)19-20-13-8-15(31(27,28)29)10-3-2-4-14(30(24,25)26)16(10)17(13)21;/h2-8,21H,1H3,(H,22,23)(H,24,25,26)(H,27,28,29);. The molecular formula is C18H14CuN2O9S2. The number of carbonyl (C=O) groups is 1. The SMILES string of the molecule is Cc1ccc(N=Nc2cc(S(=O)(=O)O)c3cccc(S(=O)(=O)O)c3c2O)c(C(=O)O)c1.[Cu]. The molecule has 0 bridgehead atoms. The van der Waals surface area contributed by atoms with Gasteiger partial charge >= 0.3 is 5.97 Å². The van der Waals surface area contributed by atoms with Crippen LogP contribution in [-0.2, 0) is 37.3 Å². The number of carboxylic acids is 1. The van der Waals surface area contributed by atoms with Gasteiger partial charge in [-0.05, 0) is 31.2 Å². The van der Waals surface area contributed by atoms with Crippen molar-refractivity contribution in [2.75, 3.05) is 0 Å². The molecule has 3 rings (SSSR count). The predicted molar refractivity (Wildman–Crippen MR) is 108 cm³/mol. The van der Waals surface area contributed by atoms with Gasteiger partial charge in [0.15, 0.2) is 5.75 Å². The number of hydrogen-bond acceptors (Lipinski definition) is 8. The number of aryl methyl sites for hydroxylation is 1. The van der Waals surface area contributed by atoms with Gasteiger partial charge in [-0.1, -0.05) is 23.8 Å². The molecule has 0 aliphatic carbocycles. The molecule has 0 atom stereocenters. The Balaban J connectivity index is 0.00000363. The summed E-state index contributed by atoms with van der Waals surface area (Å²) in [6.07, 6.45) is 0. The minimum Gasteiger partial charge on any atom is -0.505 e. The second kappa shape index (κ2) is 8.94. The van der Waals surface area contributed by atoms with Crippen molar-refractivity contribution in [2.45, 2.75) is 16.7 Å². The van der Waals surface area contributed by atoms with Crippen LogP contribution in [0.4, 0.5) is 11.4 Å². The summed E-state index contributed by atoms with van der Waals surface area (Å²) in [6.45, 7) is 1.65. The maximum atomic E-state index is 11.8. The van der Waals surface area contributed by atoms with Gasteiger partial charge in [0.25, 0.3) is 20.2 Å². The smallest absolute Gasteiger partial charge is 0.337 e. The van der Waals surface area contributed by atoms with E-state index in [2.05, 4.69) is 10.2 Å². The number of phenols is 1. The largest absolute Gasteiger partial charge is 0.505 e. The zero-order chi connectivity index (χ0) is 23.1. The van der Waals surface area contributed by atoms with Crippen LogP contribution in [0.15, 0.2) is 62.5 Å². The fraction of sp³-hybridized carbons (Fsp3) is 0.0556. The molecule has 0 fully saturated rings. The van der Waals surface area contributed by atoms with Gasteiger partial charge in [0.1, 0.15) is 21.2 Å². The Bertz CT molecular complexity index is 1480. The Labute approximate surface area is 192 Å². The number of rotatable bonds is 5. The summed E-state index contributed by atoms with van der Waals surface area (Å²) in [5.74, 6) is -2.17. The molecule has 0 saturated heterocycles. The molecule has 1 radical (unpaired) electrons. The Morgan fingerprint density at radius 3 is 2.03 bits per heavy atom. The summed E-state index contributed by atoms with van der Waals surface area (Å²) in [7, 11) is -9.83. The molecule has 3 aromatic carbocycles. The van der Waals surface area contributed by atoms with Crippen molar-refractivity contribution in [3.8, 4) is 5.75 Å². The molecule has 173 valence electrons. The summed E-state index contributed by atoms with van der Waals surface area (Å²) >= 11 is 0. The van der Waals surface area contributed by atoms with Crippen molar-refractivity contribution < 1.29 is 58.0 Å². The monoisotopic (exact) mass is 529 g/mol. The fourth-order valence-corrected chi connectivity index (χ4v) is 4.32. The van der Waals surface area contributed by atoms with Gasteiger partial charge in [-0.15, -0.1) is 10.2 Å². The van der Waals surface area contributed by atoms with E-state index in [4.69, 9.17) is 0 Å². The Kier molecular flexibility index (Phi) is 7.09. The maximum absolute atomic E-state index is 11.8. The van der Waals surface area contributed by atoms with Crippen molar-refractivity contribution in [1.82, 2.24) is 0 Å². The summed E-state index contributed by atoms with van der Waals surface area (Å²) in [6, 6.07) is 8.04. The predicted octanol–water partition coefficient (Wildman–Crippen LogP) is 3.46. The molecule has 0 amide bonds. The summed E-state index contributed by atoms with van der Waals surface area (Å²) in [5, 5.41) is 26.2. The molecule has 11 nitrogen and oxygen atoms in total. The number of nitrogens with zero attached hydrogens (tertiary/aromatic N) is 2. The zero-order valence-electron chi connectivity index (χ0n) is 15.9. The van der Waals surface area contributed by atoms with E-state index in [1.807, 2.05) is 0 Å². The van der Waals surface area contributed by atoms with Crippen LogP contribution < -0.4 is 0 Å². The first-order valence-corrected chi connectivity index (χ1v) is 11.2. The minimum absolute atomic E-state index is 0. The van der Waals surface area contributed by atoms with Crippen LogP contribution >= 0.6 is 0 Å². The molecule has 0 aromatic heterocycles. The van der Waals surface area contributed by atoms with Crippen LogP contribution in [-0.4, -0.2) is 42.1 Å². The van der Waals surface area contributed by atoms with Crippen molar-refractivity contribution >= 4 is 48.4 Å². The van der Waals surface area contributed by atoms with Gasteiger partial charge in [0.05, 0.1) is 5.56 Å². The van der Waals surface area contributed by atoms with E-state index in [1.54, 1.807) is 13.0 Å². The second-order valence-corrected chi connectivity index (χ2v) is 9.18. The Morgan fingerprint density at radius 1 is 0.875 bits per heavy atom. The maximum Gasteiger partial charge on any atom is 0.337 e. The van der Waals surface area contributed by atoms with Crippen LogP contribution in [0, 0.1) is 6.92 Å². The van der Waals surface area contributed by atoms with E-state index in [0.29, 0.717) is 5.56 Å². The van der Waals surface area contributed by atoms with E-state index >= 15 is 0 Å². The van der Waals surface area contributed by atoms with E-state index < -0.39 is 58.2 Å². The Morgan fingerprint density at radius 2 is 1.47 bits per heavy atom. The molecule has 0 aliphatic heterocycles. The van der Waals surface area contributed by atoms with E-state index in [-0.39, 0.29) is 28.3 Å². The number of fused-ring (bicyclic) bond motifs is 1. The van der Waals surface area contributed by atoms with Crippen LogP contribution in [0.3, 0.4) is 0 Å². The molecule has 4 N–H and O–H groups in total. The number of carboxylic acid groups (broad SMARTS) is 1. The number of azo groups is 1. The van der Waals surface area contributed by atoms with Gasteiger partial charge in [-0.3, -0.25) is 9.11 Å².